The molecule has 0 radical (unpaired) electrons. The van der Waals surface area contributed by atoms with Crippen molar-refractivity contribution in [3.63, 3.8) is 0 Å². The molecule has 0 aromatic carbocycles. The van der Waals surface area contributed by atoms with Crippen molar-refractivity contribution in [1.82, 2.24) is 5.32 Å². The molecule has 0 fully saturated rings. The molecule has 0 saturated carbocycles. The minimum Gasteiger partial charge on any atom is -0.311 e. The Morgan fingerprint density at radius 1 is 1.20 bits per heavy atom. The summed E-state index contributed by atoms with van der Waals surface area (Å²) in [4.78, 5) is 0. The molecule has 0 saturated heterocycles. The van der Waals surface area contributed by atoms with Crippen LogP contribution in [-0.4, -0.2) is 17.8 Å². The third-order valence-corrected chi connectivity index (χ3v) is 2.37. The Morgan fingerprint density at radius 2 is 1.70 bits per heavy atom. The molecule has 1 N–H and O–H groups in total. The monoisotopic (exact) mass is 161 g/mol. The lowest BCUT2D eigenvalue weighted by molar-refractivity contribution is 0.398. The highest BCUT2D eigenvalue weighted by Crippen LogP contribution is 2.01. The first-order chi connectivity index (χ1) is 4.57. The van der Waals surface area contributed by atoms with Crippen LogP contribution in [0.5, 0.6) is 0 Å². The van der Waals surface area contributed by atoms with Crippen molar-refractivity contribution >= 4 is 12.6 Å². The maximum absolute atomic E-state index is 4.20. The average molecular weight is 161 g/mol. The Balaban J connectivity index is 3.46. The minimum atomic E-state index is 0.528. The highest BCUT2D eigenvalue weighted by molar-refractivity contribution is 7.80. The van der Waals surface area contributed by atoms with E-state index in [1.807, 2.05) is 0 Å². The van der Waals surface area contributed by atoms with Gasteiger partial charge < -0.3 is 5.32 Å². The summed E-state index contributed by atoms with van der Waals surface area (Å²) < 4.78 is 0. The summed E-state index contributed by atoms with van der Waals surface area (Å²) in [5.74, 6) is 1.62. The zero-order valence-electron chi connectivity index (χ0n) is 7.39. The third kappa shape index (κ3) is 4.18. The quantitative estimate of drug-likeness (QED) is 0.600. The first-order valence-electron chi connectivity index (χ1n) is 3.94. The molecule has 2 heteroatoms. The molecule has 0 aliphatic heterocycles. The predicted molar refractivity (Wildman–Crippen MR) is 50.8 cm³/mol. The van der Waals surface area contributed by atoms with Gasteiger partial charge >= 0.3 is 0 Å². The van der Waals surface area contributed by atoms with Gasteiger partial charge in [-0.15, -0.1) is 0 Å². The van der Waals surface area contributed by atoms with Gasteiger partial charge in [0.1, 0.15) is 0 Å². The van der Waals surface area contributed by atoms with Crippen LogP contribution in [0.15, 0.2) is 0 Å². The second-order valence-corrected chi connectivity index (χ2v) is 3.65. The number of rotatable bonds is 4. The Bertz CT molecular complexity index is 83.3. The van der Waals surface area contributed by atoms with Gasteiger partial charge in [-0.3, -0.25) is 0 Å². The number of thiol groups is 1. The van der Waals surface area contributed by atoms with E-state index in [-0.39, 0.29) is 0 Å². The zero-order valence-corrected chi connectivity index (χ0v) is 8.28. The third-order valence-electron chi connectivity index (χ3n) is 1.82. The topological polar surface area (TPSA) is 12.0 Å². The van der Waals surface area contributed by atoms with Crippen LogP contribution in [0.1, 0.15) is 27.7 Å². The van der Waals surface area contributed by atoms with Gasteiger partial charge in [0, 0.05) is 17.8 Å². The van der Waals surface area contributed by atoms with E-state index in [0.29, 0.717) is 18.0 Å². The molecular formula is C8H19NS. The summed E-state index contributed by atoms with van der Waals surface area (Å²) >= 11 is 4.20. The lowest BCUT2D eigenvalue weighted by atomic mass is 10.1. The maximum Gasteiger partial charge on any atom is 0.0129 e. The molecule has 1 unspecified atom stereocenters. The summed E-state index contributed by atoms with van der Waals surface area (Å²) in [7, 11) is 0. The minimum absolute atomic E-state index is 0.528. The highest BCUT2D eigenvalue weighted by atomic mass is 32.1. The fraction of sp³-hybridized carbons (Fsp3) is 1.00. The molecule has 0 rings (SSSR count). The first-order valence-corrected chi connectivity index (χ1v) is 4.58. The van der Waals surface area contributed by atoms with Crippen molar-refractivity contribution in [2.45, 2.75) is 39.8 Å². The molecule has 0 spiro atoms. The van der Waals surface area contributed by atoms with E-state index in [1.54, 1.807) is 0 Å². The fourth-order valence-electron chi connectivity index (χ4n) is 0.694. The average Bonchev–Trinajstić information content (AvgIpc) is 1.87. The molecule has 0 aromatic heterocycles. The zero-order chi connectivity index (χ0) is 8.15. The Kier molecular flexibility index (Phi) is 5.18. The standard InChI is InChI=1S/C8H19NS/c1-6(2)8(4)9-7(3)5-10/h6-10H,5H2,1-4H3/t7?,8-/m0/s1. The summed E-state index contributed by atoms with van der Waals surface area (Å²) in [5.41, 5.74) is 0. The van der Waals surface area contributed by atoms with E-state index in [9.17, 15) is 0 Å². The summed E-state index contributed by atoms with van der Waals surface area (Å²) in [6.45, 7) is 8.82. The van der Waals surface area contributed by atoms with Gasteiger partial charge in [-0.05, 0) is 19.8 Å². The molecule has 62 valence electrons. The van der Waals surface area contributed by atoms with Crippen LogP contribution in [0.25, 0.3) is 0 Å². The van der Waals surface area contributed by atoms with Crippen molar-refractivity contribution in [2.75, 3.05) is 5.75 Å². The van der Waals surface area contributed by atoms with Gasteiger partial charge in [0.15, 0.2) is 0 Å². The van der Waals surface area contributed by atoms with Gasteiger partial charge in [0.25, 0.3) is 0 Å². The summed E-state index contributed by atoms with van der Waals surface area (Å²) in [6.07, 6.45) is 0. The van der Waals surface area contributed by atoms with Gasteiger partial charge in [-0.2, -0.15) is 12.6 Å². The van der Waals surface area contributed by atoms with Gasteiger partial charge in [0.05, 0.1) is 0 Å². The van der Waals surface area contributed by atoms with Gasteiger partial charge in [0.2, 0.25) is 0 Å². The van der Waals surface area contributed by atoms with Crippen LogP contribution in [0.4, 0.5) is 0 Å². The smallest absolute Gasteiger partial charge is 0.0129 e. The van der Waals surface area contributed by atoms with Crippen molar-refractivity contribution in [1.29, 1.82) is 0 Å². The molecule has 0 heterocycles. The molecule has 2 atom stereocenters. The second-order valence-electron chi connectivity index (χ2n) is 3.28. The van der Waals surface area contributed by atoms with Gasteiger partial charge in [-0.1, -0.05) is 13.8 Å². The molecule has 1 nitrogen and oxygen atoms in total. The summed E-state index contributed by atoms with van der Waals surface area (Å²) in [6, 6.07) is 1.13. The lowest BCUT2D eigenvalue weighted by Crippen LogP contribution is -2.38. The van der Waals surface area contributed by atoms with Crippen LogP contribution in [0.3, 0.4) is 0 Å². The van der Waals surface area contributed by atoms with Crippen molar-refractivity contribution in [2.24, 2.45) is 5.92 Å². The first kappa shape index (κ1) is 10.3. The van der Waals surface area contributed by atoms with Crippen LogP contribution in [0.2, 0.25) is 0 Å². The molecular weight excluding hydrogens is 142 g/mol. The van der Waals surface area contributed by atoms with Crippen LogP contribution in [-0.2, 0) is 0 Å². The van der Waals surface area contributed by atoms with Crippen LogP contribution >= 0.6 is 12.6 Å². The van der Waals surface area contributed by atoms with Crippen LogP contribution in [0, 0.1) is 5.92 Å². The van der Waals surface area contributed by atoms with Crippen LogP contribution < -0.4 is 5.32 Å². The molecule has 0 bridgehead atoms. The maximum atomic E-state index is 4.20. The van der Waals surface area contributed by atoms with E-state index in [0.717, 1.165) is 5.75 Å². The molecule has 10 heavy (non-hydrogen) atoms. The van der Waals surface area contributed by atoms with Gasteiger partial charge in [-0.25, -0.2) is 0 Å². The van der Waals surface area contributed by atoms with E-state index in [4.69, 9.17) is 0 Å². The Morgan fingerprint density at radius 3 is 2.00 bits per heavy atom. The molecule has 0 aliphatic carbocycles. The SMILES string of the molecule is CC(CS)N[C@@H](C)C(C)C. The molecule has 0 aliphatic rings. The second kappa shape index (κ2) is 5.03. The number of hydrogen-bond acceptors (Lipinski definition) is 2. The van der Waals surface area contributed by atoms with Crippen molar-refractivity contribution in [3.05, 3.63) is 0 Å². The fourth-order valence-corrected chi connectivity index (χ4v) is 0.799. The van der Waals surface area contributed by atoms with Crippen molar-refractivity contribution in [3.8, 4) is 0 Å². The Hall–Kier alpha value is 0.310. The van der Waals surface area contributed by atoms with E-state index in [2.05, 4.69) is 45.6 Å². The molecule has 0 amide bonds. The molecule has 0 aromatic rings. The highest BCUT2D eigenvalue weighted by Gasteiger charge is 2.08. The normalized spacial score (nSPS) is 17.4. The largest absolute Gasteiger partial charge is 0.311 e. The number of nitrogens with one attached hydrogen (secondary N) is 1. The Labute approximate surface area is 70.0 Å². The lowest BCUT2D eigenvalue weighted by Gasteiger charge is -2.21. The van der Waals surface area contributed by atoms with Crippen molar-refractivity contribution < 1.29 is 0 Å². The van der Waals surface area contributed by atoms with E-state index < -0.39 is 0 Å². The summed E-state index contributed by atoms with van der Waals surface area (Å²) in [5, 5.41) is 3.45. The predicted octanol–water partition coefficient (Wildman–Crippen LogP) is 1.94. The van der Waals surface area contributed by atoms with E-state index >= 15 is 0 Å². The number of hydrogen-bond donors (Lipinski definition) is 2. The van der Waals surface area contributed by atoms with E-state index in [1.165, 1.54) is 0 Å².